The minimum absolute atomic E-state index is 0.0108. The molecule has 23 heavy (non-hydrogen) atoms. The lowest BCUT2D eigenvalue weighted by atomic mass is 10.1. The Morgan fingerprint density at radius 2 is 1.87 bits per heavy atom. The van der Waals surface area contributed by atoms with Crippen molar-refractivity contribution in [2.75, 3.05) is 7.11 Å². The Morgan fingerprint density at radius 3 is 2.65 bits per heavy atom. The second kappa shape index (κ2) is 6.92. The average Bonchev–Trinajstić information content (AvgIpc) is 2.60. The summed E-state index contributed by atoms with van der Waals surface area (Å²) >= 11 is 0. The standard InChI is InChI=1S/C19H18N2O2/c1-23-17-8-6-14(7-9-17)11-19(22)21-13-15-10-16-4-2-3-5-18(16)20-12-15/h2-10,12H,11,13H2,1H3,(H,21,22). The summed E-state index contributed by atoms with van der Waals surface area (Å²) in [6.45, 7) is 0.479. The highest BCUT2D eigenvalue weighted by Gasteiger charge is 2.04. The number of hydrogen-bond donors (Lipinski definition) is 1. The van der Waals surface area contributed by atoms with Crippen LogP contribution in [-0.2, 0) is 17.8 Å². The zero-order valence-electron chi connectivity index (χ0n) is 13.0. The molecule has 3 aromatic rings. The van der Waals surface area contributed by atoms with Gasteiger partial charge in [-0.1, -0.05) is 30.3 Å². The number of rotatable bonds is 5. The van der Waals surface area contributed by atoms with Gasteiger partial charge in [-0.15, -0.1) is 0 Å². The van der Waals surface area contributed by atoms with Gasteiger partial charge in [0, 0.05) is 18.1 Å². The third-order valence-corrected chi connectivity index (χ3v) is 3.66. The first-order chi connectivity index (χ1) is 11.2. The first-order valence-electron chi connectivity index (χ1n) is 7.48. The van der Waals surface area contributed by atoms with Gasteiger partial charge >= 0.3 is 0 Å². The van der Waals surface area contributed by atoms with Gasteiger partial charge in [0.25, 0.3) is 0 Å². The fourth-order valence-electron chi connectivity index (χ4n) is 2.41. The smallest absolute Gasteiger partial charge is 0.224 e. The van der Waals surface area contributed by atoms with E-state index in [1.165, 1.54) is 0 Å². The third-order valence-electron chi connectivity index (χ3n) is 3.66. The molecule has 0 fully saturated rings. The monoisotopic (exact) mass is 306 g/mol. The van der Waals surface area contributed by atoms with Crippen LogP contribution in [0.2, 0.25) is 0 Å². The summed E-state index contributed by atoms with van der Waals surface area (Å²) in [6, 6.07) is 17.5. The van der Waals surface area contributed by atoms with Gasteiger partial charge in [-0.2, -0.15) is 0 Å². The van der Waals surface area contributed by atoms with Crippen molar-refractivity contribution in [1.82, 2.24) is 10.3 Å². The molecule has 1 aromatic heterocycles. The number of hydrogen-bond acceptors (Lipinski definition) is 3. The Kier molecular flexibility index (Phi) is 4.52. The van der Waals surface area contributed by atoms with Crippen molar-refractivity contribution >= 4 is 16.8 Å². The van der Waals surface area contributed by atoms with Crippen LogP contribution in [0.25, 0.3) is 10.9 Å². The molecule has 1 amide bonds. The van der Waals surface area contributed by atoms with Crippen molar-refractivity contribution in [2.24, 2.45) is 0 Å². The number of ether oxygens (including phenoxy) is 1. The molecule has 2 aromatic carbocycles. The van der Waals surface area contributed by atoms with E-state index in [4.69, 9.17) is 4.74 Å². The van der Waals surface area contributed by atoms with E-state index in [-0.39, 0.29) is 5.91 Å². The zero-order valence-corrected chi connectivity index (χ0v) is 13.0. The molecule has 0 spiro atoms. The molecule has 0 unspecified atom stereocenters. The lowest BCUT2D eigenvalue weighted by Crippen LogP contribution is -2.24. The molecule has 0 atom stereocenters. The number of nitrogens with zero attached hydrogens (tertiary/aromatic N) is 1. The van der Waals surface area contributed by atoms with Gasteiger partial charge in [0.1, 0.15) is 5.75 Å². The quantitative estimate of drug-likeness (QED) is 0.788. The van der Waals surface area contributed by atoms with Crippen LogP contribution in [0, 0.1) is 0 Å². The summed E-state index contributed by atoms with van der Waals surface area (Å²) in [7, 11) is 1.62. The van der Waals surface area contributed by atoms with E-state index in [1.54, 1.807) is 13.3 Å². The van der Waals surface area contributed by atoms with E-state index < -0.39 is 0 Å². The number of fused-ring (bicyclic) bond motifs is 1. The van der Waals surface area contributed by atoms with Gasteiger partial charge in [-0.05, 0) is 35.4 Å². The molecule has 4 heteroatoms. The van der Waals surface area contributed by atoms with Crippen LogP contribution in [0.15, 0.2) is 60.8 Å². The summed E-state index contributed by atoms with van der Waals surface area (Å²) in [5.74, 6) is 0.778. The Labute approximate surface area is 135 Å². The number of para-hydroxylation sites is 1. The number of methoxy groups -OCH3 is 1. The van der Waals surface area contributed by atoms with E-state index in [0.717, 1.165) is 27.8 Å². The van der Waals surface area contributed by atoms with Crippen molar-refractivity contribution in [3.05, 3.63) is 71.9 Å². The molecule has 0 bridgehead atoms. The van der Waals surface area contributed by atoms with Crippen molar-refractivity contribution in [3.63, 3.8) is 0 Å². The van der Waals surface area contributed by atoms with Gasteiger partial charge in [0.05, 0.1) is 19.0 Å². The Hall–Kier alpha value is -2.88. The predicted octanol–water partition coefficient (Wildman–Crippen LogP) is 3.10. The van der Waals surface area contributed by atoms with Gasteiger partial charge in [-0.25, -0.2) is 0 Å². The third kappa shape index (κ3) is 3.86. The molecular formula is C19H18N2O2. The normalized spacial score (nSPS) is 10.5. The number of carbonyl (C=O) groups excluding carboxylic acids is 1. The Morgan fingerprint density at radius 1 is 1.09 bits per heavy atom. The van der Waals surface area contributed by atoms with Crippen molar-refractivity contribution in [1.29, 1.82) is 0 Å². The molecule has 116 valence electrons. The van der Waals surface area contributed by atoms with Gasteiger partial charge in [0.2, 0.25) is 5.91 Å². The molecule has 0 aliphatic rings. The Balaban J connectivity index is 1.58. The van der Waals surface area contributed by atoms with Crippen molar-refractivity contribution < 1.29 is 9.53 Å². The van der Waals surface area contributed by atoms with E-state index in [2.05, 4.69) is 16.4 Å². The number of aromatic nitrogens is 1. The van der Waals surface area contributed by atoms with Crippen LogP contribution in [-0.4, -0.2) is 18.0 Å². The highest BCUT2D eigenvalue weighted by atomic mass is 16.5. The van der Waals surface area contributed by atoms with Crippen LogP contribution in [0.4, 0.5) is 0 Å². The average molecular weight is 306 g/mol. The second-order valence-corrected chi connectivity index (χ2v) is 5.34. The van der Waals surface area contributed by atoms with Gasteiger partial charge in [0.15, 0.2) is 0 Å². The second-order valence-electron chi connectivity index (χ2n) is 5.34. The minimum Gasteiger partial charge on any atom is -0.497 e. The van der Waals surface area contributed by atoms with E-state index in [9.17, 15) is 4.79 Å². The maximum absolute atomic E-state index is 12.0. The van der Waals surface area contributed by atoms with Crippen LogP contribution in [0.1, 0.15) is 11.1 Å². The molecular weight excluding hydrogens is 288 g/mol. The number of carbonyl (C=O) groups is 1. The van der Waals surface area contributed by atoms with Gasteiger partial charge in [-0.3, -0.25) is 9.78 Å². The fraction of sp³-hybridized carbons (Fsp3) is 0.158. The molecule has 3 rings (SSSR count). The predicted molar refractivity (Wildman–Crippen MR) is 90.3 cm³/mol. The van der Waals surface area contributed by atoms with Gasteiger partial charge < -0.3 is 10.1 Å². The molecule has 1 N–H and O–H groups in total. The lowest BCUT2D eigenvalue weighted by Gasteiger charge is -2.07. The molecule has 1 heterocycles. The number of benzene rings is 2. The molecule has 0 saturated heterocycles. The van der Waals surface area contributed by atoms with Crippen LogP contribution in [0.3, 0.4) is 0 Å². The van der Waals surface area contributed by atoms with Crippen LogP contribution in [0.5, 0.6) is 5.75 Å². The molecule has 0 aliphatic carbocycles. The number of nitrogens with one attached hydrogen (secondary N) is 1. The van der Waals surface area contributed by atoms with Crippen molar-refractivity contribution in [2.45, 2.75) is 13.0 Å². The van der Waals surface area contributed by atoms with Crippen LogP contribution >= 0.6 is 0 Å². The molecule has 0 aliphatic heterocycles. The largest absolute Gasteiger partial charge is 0.497 e. The first-order valence-corrected chi connectivity index (χ1v) is 7.48. The molecule has 0 radical (unpaired) electrons. The SMILES string of the molecule is COc1ccc(CC(=O)NCc2cnc3ccccc3c2)cc1. The molecule has 4 nitrogen and oxygen atoms in total. The van der Waals surface area contributed by atoms with E-state index in [1.807, 2.05) is 48.5 Å². The fourth-order valence-corrected chi connectivity index (χ4v) is 2.41. The lowest BCUT2D eigenvalue weighted by molar-refractivity contribution is -0.120. The minimum atomic E-state index is -0.0108. The highest BCUT2D eigenvalue weighted by Crippen LogP contribution is 2.13. The summed E-state index contributed by atoms with van der Waals surface area (Å²) < 4.78 is 5.11. The zero-order chi connectivity index (χ0) is 16.1. The number of amides is 1. The van der Waals surface area contributed by atoms with E-state index >= 15 is 0 Å². The molecule has 0 saturated carbocycles. The summed E-state index contributed by atoms with van der Waals surface area (Å²) in [5, 5.41) is 4.01. The topological polar surface area (TPSA) is 51.2 Å². The summed E-state index contributed by atoms with van der Waals surface area (Å²) in [6.07, 6.45) is 2.15. The summed E-state index contributed by atoms with van der Waals surface area (Å²) in [4.78, 5) is 16.4. The van der Waals surface area contributed by atoms with E-state index in [0.29, 0.717) is 13.0 Å². The maximum Gasteiger partial charge on any atom is 0.224 e. The highest BCUT2D eigenvalue weighted by molar-refractivity contribution is 5.80. The van der Waals surface area contributed by atoms with Crippen LogP contribution < -0.4 is 10.1 Å². The van der Waals surface area contributed by atoms with Crippen molar-refractivity contribution in [3.8, 4) is 5.75 Å². The summed E-state index contributed by atoms with van der Waals surface area (Å²) in [5.41, 5.74) is 2.91. The number of pyridine rings is 1. The Bertz CT molecular complexity index is 813. The maximum atomic E-state index is 12.0. The first kappa shape index (κ1) is 15.0.